The quantitative estimate of drug-likeness (QED) is 0.590. The van der Waals surface area contributed by atoms with Crippen molar-refractivity contribution in [2.45, 2.75) is 39.3 Å². The van der Waals surface area contributed by atoms with Crippen LogP contribution in [0, 0.1) is 0 Å². The van der Waals surface area contributed by atoms with E-state index in [4.69, 9.17) is 5.11 Å². The average molecular weight is 131 g/mol. The van der Waals surface area contributed by atoms with Crippen LogP contribution in [0.4, 0.5) is 0 Å². The lowest BCUT2D eigenvalue weighted by Gasteiger charge is -2.11. The Morgan fingerprint density at radius 2 is 2.00 bits per heavy atom. The Hall–Kier alpha value is -0.0800. The predicted molar refractivity (Wildman–Crippen MR) is 39.4 cm³/mol. The summed E-state index contributed by atoms with van der Waals surface area (Å²) in [6, 6.07) is 0.527. The van der Waals surface area contributed by atoms with E-state index in [0.29, 0.717) is 12.6 Å². The minimum atomic E-state index is -0.223. The van der Waals surface area contributed by atoms with Gasteiger partial charge in [-0.15, -0.1) is 0 Å². The van der Waals surface area contributed by atoms with E-state index >= 15 is 0 Å². The van der Waals surface area contributed by atoms with Crippen molar-refractivity contribution in [2.24, 2.45) is 0 Å². The van der Waals surface area contributed by atoms with Gasteiger partial charge in [-0.2, -0.15) is 0 Å². The van der Waals surface area contributed by atoms with Gasteiger partial charge in [0.1, 0.15) is 0 Å². The molecule has 0 aliphatic rings. The summed E-state index contributed by atoms with van der Waals surface area (Å²) in [5.74, 6) is 0. The van der Waals surface area contributed by atoms with E-state index in [1.54, 1.807) is 6.92 Å². The SMILES string of the molecule is CC[C@@H](C)NC[C@H](C)O. The van der Waals surface area contributed by atoms with Crippen molar-refractivity contribution in [2.75, 3.05) is 6.54 Å². The van der Waals surface area contributed by atoms with E-state index in [0.717, 1.165) is 6.42 Å². The molecule has 56 valence electrons. The third kappa shape index (κ3) is 5.80. The molecule has 0 fully saturated rings. The molecule has 9 heavy (non-hydrogen) atoms. The Labute approximate surface area is 57.3 Å². The van der Waals surface area contributed by atoms with E-state index in [1.807, 2.05) is 0 Å². The first kappa shape index (κ1) is 8.92. The molecular formula is C7H17NO. The third-order valence-corrected chi connectivity index (χ3v) is 1.37. The van der Waals surface area contributed by atoms with Crippen molar-refractivity contribution >= 4 is 0 Å². The first-order valence-electron chi connectivity index (χ1n) is 3.58. The number of hydrogen-bond acceptors (Lipinski definition) is 2. The molecule has 0 aromatic carbocycles. The van der Waals surface area contributed by atoms with Crippen LogP contribution in [0.3, 0.4) is 0 Å². The molecule has 0 radical (unpaired) electrons. The number of hydrogen-bond donors (Lipinski definition) is 2. The fourth-order valence-corrected chi connectivity index (χ4v) is 0.516. The van der Waals surface area contributed by atoms with E-state index in [1.165, 1.54) is 0 Å². The van der Waals surface area contributed by atoms with Gasteiger partial charge in [0.05, 0.1) is 6.10 Å². The van der Waals surface area contributed by atoms with Gasteiger partial charge >= 0.3 is 0 Å². The number of rotatable bonds is 4. The maximum absolute atomic E-state index is 8.83. The summed E-state index contributed by atoms with van der Waals surface area (Å²) < 4.78 is 0. The number of nitrogens with one attached hydrogen (secondary N) is 1. The van der Waals surface area contributed by atoms with Gasteiger partial charge in [0.25, 0.3) is 0 Å². The maximum Gasteiger partial charge on any atom is 0.0636 e. The van der Waals surface area contributed by atoms with Crippen LogP contribution in [0.15, 0.2) is 0 Å². The molecule has 2 N–H and O–H groups in total. The van der Waals surface area contributed by atoms with Crippen LogP contribution < -0.4 is 5.32 Å². The van der Waals surface area contributed by atoms with Crippen LogP contribution in [0.5, 0.6) is 0 Å². The van der Waals surface area contributed by atoms with E-state index in [2.05, 4.69) is 19.2 Å². The molecular weight excluding hydrogens is 114 g/mol. The minimum absolute atomic E-state index is 0.223. The first-order chi connectivity index (χ1) is 4.16. The normalized spacial score (nSPS) is 17.3. The second kappa shape index (κ2) is 4.77. The highest BCUT2D eigenvalue weighted by atomic mass is 16.3. The van der Waals surface area contributed by atoms with Gasteiger partial charge in [-0.25, -0.2) is 0 Å². The molecule has 0 bridgehead atoms. The zero-order valence-electron chi connectivity index (χ0n) is 6.52. The number of aliphatic hydroxyl groups excluding tert-OH is 1. The highest BCUT2D eigenvalue weighted by Gasteiger charge is 1.98. The lowest BCUT2D eigenvalue weighted by atomic mass is 10.2. The Morgan fingerprint density at radius 3 is 2.33 bits per heavy atom. The van der Waals surface area contributed by atoms with Crippen molar-refractivity contribution < 1.29 is 5.11 Å². The van der Waals surface area contributed by atoms with Crippen molar-refractivity contribution in [1.82, 2.24) is 5.32 Å². The zero-order chi connectivity index (χ0) is 7.28. The van der Waals surface area contributed by atoms with Crippen molar-refractivity contribution in [3.8, 4) is 0 Å². The molecule has 2 heteroatoms. The van der Waals surface area contributed by atoms with E-state index in [-0.39, 0.29) is 6.10 Å². The summed E-state index contributed by atoms with van der Waals surface area (Å²) >= 11 is 0. The van der Waals surface area contributed by atoms with Gasteiger partial charge in [0.2, 0.25) is 0 Å². The van der Waals surface area contributed by atoms with Gasteiger partial charge in [0.15, 0.2) is 0 Å². The summed E-state index contributed by atoms with van der Waals surface area (Å²) in [6.45, 7) is 6.73. The largest absolute Gasteiger partial charge is 0.392 e. The fourth-order valence-electron chi connectivity index (χ4n) is 0.516. The molecule has 0 aromatic heterocycles. The van der Waals surface area contributed by atoms with Crippen LogP contribution in [0.2, 0.25) is 0 Å². The van der Waals surface area contributed by atoms with Crippen LogP contribution in [-0.2, 0) is 0 Å². The van der Waals surface area contributed by atoms with Crippen LogP contribution in [0.1, 0.15) is 27.2 Å². The molecule has 2 nitrogen and oxygen atoms in total. The average Bonchev–Trinajstić information content (AvgIpc) is 1.83. The molecule has 0 aliphatic heterocycles. The van der Waals surface area contributed by atoms with Crippen molar-refractivity contribution in [3.05, 3.63) is 0 Å². The Balaban J connectivity index is 3.06. The molecule has 0 saturated heterocycles. The predicted octanol–water partition coefficient (Wildman–Crippen LogP) is 0.755. The molecule has 0 unspecified atom stereocenters. The Kier molecular flexibility index (Phi) is 4.72. The topological polar surface area (TPSA) is 32.3 Å². The molecule has 0 aliphatic carbocycles. The Morgan fingerprint density at radius 1 is 1.44 bits per heavy atom. The van der Waals surface area contributed by atoms with Crippen LogP contribution >= 0.6 is 0 Å². The summed E-state index contributed by atoms with van der Waals surface area (Å²) in [5, 5.41) is 12.0. The molecule has 0 heterocycles. The van der Waals surface area contributed by atoms with E-state index < -0.39 is 0 Å². The van der Waals surface area contributed by atoms with Crippen LogP contribution in [-0.4, -0.2) is 23.8 Å². The summed E-state index contributed by atoms with van der Waals surface area (Å²) in [6.07, 6.45) is 0.895. The standard InChI is InChI=1S/C7H17NO/c1-4-6(2)8-5-7(3)9/h6-9H,4-5H2,1-3H3/t6-,7+/m1/s1. The molecule has 2 atom stereocenters. The second-order valence-corrected chi connectivity index (χ2v) is 2.57. The first-order valence-corrected chi connectivity index (χ1v) is 3.58. The lowest BCUT2D eigenvalue weighted by Crippen LogP contribution is -2.31. The molecule has 0 rings (SSSR count). The molecule has 0 saturated carbocycles. The highest BCUT2D eigenvalue weighted by Crippen LogP contribution is 1.87. The third-order valence-electron chi connectivity index (χ3n) is 1.37. The summed E-state index contributed by atoms with van der Waals surface area (Å²) in [5.41, 5.74) is 0. The molecule has 0 spiro atoms. The van der Waals surface area contributed by atoms with Gasteiger partial charge in [-0.1, -0.05) is 6.92 Å². The molecule has 0 aromatic rings. The van der Waals surface area contributed by atoms with Crippen molar-refractivity contribution in [3.63, 3.8) is 0 Å². The van der Waals surface area contributed by atoms with Crippen LogP contribution in [0.25, 0.3) is 0 Å². The van der Waals surface area contributed by atoms with Crippen molar-refractivity contribution in [1.29, 1.82) is 0 Å². The lowest BCUT2D eigenvalue weighted by molar-refractivity contribution is 0.186. The highest BCUT2D eigenvalue weighted by molar-refractivity contribution is 4.59. The summed E-state index contributed by atoms with van der Waals surface area (Å²) in [7, 11) is 0. The smallest absolute Gasteiger partial charge is 0.0636 e. The zero-order valence-corrected chi connectivity index (χ0v) is 6.52. The van der Waals surface area contributed by atoms with E-state index in [9.17, 15) is 0 Å². The second-order valence-electron chi connectivity index (χ2n) is 2.57. The Bertz CT molecular complexity index is 63.9. The number of aliphatic hydroxyl groups is 1. The minimum Gasteiger partial charge on any atom is -0.392 e. The maximum atomic E-state index is 8.83. The monoisotopic (exact) mass is 131 g/mol. The van der Waals surface area contributed by atoms with Gasteiger partial charge in [-0.3, -0.25) is 0 Å². The van der Waals surface area contributed by atoms with Gasteiger partial charge in [-0.05, 0) is 20.3 Å². The van der Waals surface area contributed by atoms with Gasteiger partial charge in [0, 0.05) is 12.6 Å². The fraction of sp³-hybridized carbons (Fsp3) is 1.00. The summed E-state index contributed by atoms with van der Waals surface area (Å²) in [4.78, 5) is 0. The van der Waals surface area contributed by atoms with Gasteiger partial charge < -0.3 is 10.4 Å². The molecule has 0 amide bonds.